The van der Waals surface area contributed by atoms with Crippen LogP contribution in [0.1, 0.15) is 93.4 Å². The topological polar surface area (TPSA) is 123 Å². The van der Waals surface area contributed by atoms with E-state index in [-0.39, 0.29) is 29.6 Å². The lowest BCUT2D eigenvalue weighted by Crippen LogP contribution is -2.59. The number of rotatable bonds is 5. The summed E-state index contributed by atoms with van der Waals surface area (Å²) in [5, 5.41) is 5.76. The van der Waals surface area contributed by atoms with Crippen LogP contribution >= 0.6 is 0 Å². The lowest BCUT2D eigenvalue weighted by atomic mass is 9.91. The molecular weight excluding hydrogens is 565 g/mol. The van der Waals surface area contributed by atoms with E-state index in [1.165, 1.54) is 0 Å². The fraction of sp³-hybridized carbons (Fsp3) is 0.806. The summed E-state index contributed by atoms with van der Waals surface area (Å²) in [6, 6.07) is -1.74. The van der Waals surface area contributed by atoms with Gasteiger partial charge >= 0.3 is 12.1 Å². The molecule has 2 N–H and O–H groups in total. The summed E-state index contributed by atoms with van der Waals surface area (Å²) in [7, 11) is -0.353. The molecule has 2 fully saturated rings. The second kappa shape index (κ2) is 13.3. The lowest BCUT2D eigenvalue weighted by Gasteiger charge is -2.40. The predicted octanol–water partition coefficient (Wildman–Crippen LogP) is 3.79. The minimum atomic E-state index is -2.26. The Morgan fingerprint density at radius 1 is 1.14 bits per heavy atom. The Bertz CT molecular complexity index is 1090. The molecule has 0 radical (unpaired) electrons. The zero-order valence-electron chi connectivity index (χ0n) is 28.0. The van der Waals surface area contributed by atoms with Crippen LogP contribution in [0.2, 0.25) is 18.1 Å². The number of esters is 1. The number of carbonyl (C=O) groups excluding carboxylic acids is 4. The van der Waals surface area contributed by atoms with Gasteiger partial charge < -0.3 is 29.4 Å². The third-order valence-electron chi connectivity index (χ3n) is 9.30. The SMILES string of the molecule is BC1C(O[Si](C)(C)C(C)(C)C)C[C@H]2C(=O)N[C@]3(C(=O)OCC)C[C@H]3/C=C\CCCCC[C@H](NC(=O)OC(C)(C)C)C(=O)N12. The van der Waals surface area contributed by atoms with Gasteiger partial charge in [-0.1, -0.05) is 45.8 Å². The zero-order valence-corrected chi connectivity index (χ0v) is 29.0. The number of alkyl carbamates (subject to hydrolysis) is 1. The Morgan fingerprint density at radius 2 is 1.81 bits per heavy atom. The van der Waals surface area contributed by atoms with Gasteiger partial charge in [0.15, 0.2) is 8.32 Å². The maximum atomic E-state index is 14.4. The summed E-state index contributed by atoms with van der Waals surface area (Å²) in [6.07, 6.45) is 7.50. The van der Waals surface area contributed by atoms with Gasteiger partial charge in [-0.3, -0.25) is 9.59 Å². The van der Waals surface area contributed by atoms with Crippen LogP contribution in [0.3, 0.4) is 0 Å². The van der Waals surface area contributed by atoms with Crippen molar-refractivity contribution >= 4 is 40.0 Å². The third-order valence-corrected chi connectivity index (χ3v) is 13.8. The van der Waals surface area contributed by atoms with Crippen molar-refractivity contribution in [1.29, 1.82) is 0 Å². The molecule has 10 nitrogen and oxygen atoms in total. The highest BCUT2D eigenvalue weighted by Crippen LogP contribution is 2.47. The van der Waals surface area contributed by atoms with Crippen LogP contribution in [0.15, 0.2) is 12.2 Å². The summed E-state index contributed by atoms with van der Waals surface area (Å²) < 4.78 is 17.7. The van der Waals surface area contributed by atoms with Gasteiger partial charge in [0, 0.05) is 18.3 Å². The molecule has 0 aromatic rings. The second-order valence-electron chi connectivity index (χ2n) is 14.9. The monoisotopic (exact) mass is 619 g/mol. The highest BCUT2D eigenvalue weighted by atomic mass is 28.4. The first-order chi connectivity index (χ1) is 19.8. The van der Waals surface area contributed by atoms with E-state index in [2.05, 4.69) is 50.6 Å². The van der Waals surface area contributed by atoms with Crippen molar-refractivity contribution in [3.05, 3.63) is 12.2 Å². The number of nitrogens with one attached hydrogen (secondary N) is 2. The molecule has 0 aromatic heterocycles. The average molecular weight is 620 g/mol. The van der Waals surface area contributed by atoms with Crippen LogP contribution < -0.4 is 10.6 Å². The van der Waals surface area contributed by atoms with Crippen LogP contribution in [0.25, 0.3) is 0 Å². The molecule has 1 aliphatic carbocycles. The molecule has 2 aliphatic heterocycles. The number of allylic oxidation sites excluding steroid dienone is 1. The summed E-state index contributed by atoms with van der Waals surface area (Å²) in [6.45, 7) is 18.0. The quantitative estimate of drug-likeness (QED) is 0.273. The van der Waals surface area contributed by atoms with Crippen LogP contribution in [-0.4, -0.2) is 86.8 Å². The minimum Gasteiger partial charge on any atom is -0.464 e. The maximum absolute atomic E-state index is 14.4. The summed E-state index contributed by atoms with van der Waals surface area (Å²) >= 11 is 0. The van der Waals surface area contributed by atoms with Crippen LogP contribution in [0.5, 0.6) is 0 Å². The third kappa shape index (κ3) is 8.44. The second-order valence-corrected chi connectivity index (χ2v) is 19.7. The number of ether oxygens (including phenoxy) is 2. The smallest absolute Gasteiger partial charge is 0.408 e. The van der Waals surface area contributed by atoms with E-state index in [0.717, 1.165) is 25.7 Å². The summed E-state index contributed by atoms with van der Waals surface area (Å²) in [4.78, 5) is 56.1. The molecule has 0 aromatic carbocycles. The van der Waals surface area contributed by atoms with E-state index in [9.17, 15) is 19.2 Å². The molecule has 0 bridgehead atoms. The molecule has 2 unspecified atom stereocenters. The van der Waals surface area contributed by atoms with Gasteiger partial charge in [0.1, 0.15) is 31.1 Å². The molecule has 2 heterocycles. The Morgan fingerprint density at radius 3 is 2.42 bits per heavy atom. The van der Waals surface area contributed by atoms with Gasteiger partial charge in [0.2, 0.25) is 11.8 Å². The first kappa shape index (κ1) is 35.1. The van der Waals surface area contributed by atoms with Crippen molar-refractivity contribution < 1.29 is 33.1 Å². The van der Waals surface area contributed by atoms with E-state index >= 15 is 0 Å². The van der Waals surface area contributed by atoms with Gasteiger partial charge in [-0.05, 0) is 71.5 Å². The molecule has 3 aliphatic rings. The van der Waals surface area contributed by atoms with Crippen LogP contribution in [0.4, 0.5) is 4.79 Å². The molecule has 1 saturated heterocycles. The number of nitrogens with zero attached hydrogens (tertiary/aromatic N) is 1. The van der Waals surface area contributed by atoms with Gasteiger partial charge in [0.05, 0.1) is 12.7 Å². The Hall–Kier alpha value is -2.34. The number of carbonyl (C=O) groups is 4. The highest BCUT2D eigenvalue weighted by molar-refractivity contribution is 6.74. The Labute approximate surface area is 259 Å². The minimum absolute atomic E-state index is 0.0714. The first-order valence-electron chi connectivity index (χ1n) is 16.0. The van der Waals surface area contributed by atoms with Crippen molar-refractivity contribution in [1.82, 2.24) is 15.5 Å². The average Bonchev–Trinajstić information content (AvgIpc) is 3.47. The number of amides is 3. The van der Waals surface area contributed by atoms with Crippen LogP contribution in [-0.2, 0) is 28.3 Å². The van der Waals surface area contributed by atoms with Crippen molar-refractivity contribution in [2.75, 3.05) is 6.61 Å². The van der Waals surface area contributed by atoms with E-state index in [0.29, 0.717) is 19.3 Å². The molecule has 6 atom stereocenters. The standard InChI is InChI=1S/C31H54BN3O7Si/c1-10-40-27(38)31-19-20(31)16-14-12-11-13-15-17-21(33-28(39)41-29(2,3)4)26(37)35-22(25(36)34-31)18-23(24(35)32)42-43(8,9)30(5,6)7/h14,16,20-24H,10-13,15,17-19,32H2,1-9H3,(H,33,39)(H,34,36)/b16-14-/t20-,21+,22+,23?,24?,31-/m1/s1. The fourth-order valence-electron chi connectivity index (χ4n) is 5.73. The molecule has 3 rings (SSSR count). The largest absolute Gasteiger partial charge is 0.464 e. The highest BCUT2D eigenvalue weighted by Gasteiger charge is 2.62. The first-order valence-corrected chi connectivity index (χ1v) is 18.9. The molecule has 12 heteroatoms. The Balaban J connectivity index is 2.00. The van der Waals surface area contributed by atoms with Crippen molar-refractivity contribution in [2.45, 2.75) is 147 Å². The molecule has 1 saturated carbocycles. The summed E-state index contributed by atoms with van der Waals surface area (Å²) in [5.74, 6) is -1.79. The van der Waals surface area contributed by atoms with E-state index in [1.807, 2.05) is 13.9 Å². The molecule has 43 heavy (non-hydrogen) atoms. The van der Waals surface area contributed by atoms with Crippen molar-refractivity contribution in [2.24, 2.45) is 5.92 Å². The van der Waals surface area contributed by atoms with Gasteiger partial charge in [0.25, 0.3) is 0 Å². The number of hydrogen-bond donors (Lipinski definition) is 2. The zero-order chi connectivity index (χ0) is 32.4. The van der Waals surface area contributed by atoms with E-state index < -0.39 is 55.5 Å². The molecule has 242 valence electrons. The fourth-order valence-corrected chi connectivity index (χ4v) is 7.13. The lowest BCUT2D eigenvalue weighted by molar-refractivity contribution is -0.150. The number of fused-ring (bicyclic) bond motifs is 2. The van der Waals surface area contributed by atoms with E-state index in [1.54, 1.807) is 32.6 Å². The van der Waals surface area contributed by atoms with E-state index in [4.69, 9.17) is 13.9 Å². The molecule has 3 amide bonds. The predicted molar refractivity (Wildman–Crippen MR) is 171 cm³/mol. The molecule has 0 spiro atoms. The summed E-state index contributed by atoms with van der Waals surface area (Å²) in [5.41, 5.74) is -1.87. The van der Waals surface area contributed by atoms with Gasteiger partial charge in [-0.2, -0.15) is 0 Å². The normalized spacial score (nSPS) is 31.5. The van der Waals surface area contributed by atoms with Crippen molar-refractivity contribution in [3.63, 3.8) is 0 Å². The molecular formula is C31H54BN3O7Si. The van der Waals surface area contributed by atoms with Gasteiger partial charge in [-0.15, -0.1) is 0 Å². The van der Waals surface area contributed by atoms with Gasteiger partial charge in [-0.25, -0.2) is 9.59 Å². The van der Waals surface area contributed by atoms with Crippen LogP contribution in [0, 0.1) is 5.92 Å². The Kier molecular flexibility index (Phi) is 10.9. The maximum Gasteiger partial charge on any atom is 0.408 e. The number of hydrogen-bond acceptors (Lipinski definition) is 7. The van der Waals surface area contributed by atoms with Crippen molar-refractivity contribution in [3.8, 4) is 0 Å².